The molecule has 0 saturated carbocycles. The molecule has 0 amide bonds. The van der Waals surface area contributed by atoms with Crippen LogP contribution in [0.5, 0.6) is 0 Å². The van der Waals surface area contributed by atoms with Crippen molar-refractivity contribution in [2.75, 3.05) is 13.6 Å². The average Bonchev–Trinajstić information content (AvgIpc) is 3.57. The fourth-order valence-electron chi connectivity index (χ4n) is 4.55. The van der Waals surface area contributed by atoms with Gasteiger partial charge in [0.05, 0.1) is 45.8 Å². The number of nitrogens with zero attached hydrogens (tertiary/aromatic N) is 4. The van der Waals surface area contributed by atoms with Crippen molar-refractivity contribution in [1.82, 2.24) is 33.6 Å². The fraction of sp³-hybridized carbons (Fsp3) is 0.172. The Kier molecular flexibility index (Phi) is 9.61. The third kappa shape index (κ3) is 6.51. The Hall–Kier alpha value is -4.39. The van der Waals surface area contributed by atoms with Crippen molar-refractivity contribution in [3.63, 3.8) is 0 Å². The molecule has 0 saturated heterocycles. The van der Waals surface area contributed by atoms with Crippen molar-refractivity contribution in [3.05, 3.63) is 83.6 Å². The summed E-state index contributed by atoms with van der Waals surface area (Å²) < 4.78 is 16.4. The lowest BCUT2D eigenvalue weighted by Crippen LogP contribution is -2.17. The number of nitrogens with one attached hydrogen (secondary N) is 3. The zero-order chi connectivity index (χ0) is 29.5. The van der Waals surface area contributed by atoms with Crippen LogP contribution in [0.1, 0.15) is 25.0 Å². The maximum atomic E-state index is 14.4. The first-order valence-corrected chi connectivity index (χ1v) is 13.7. The molecule has 12 heteroatoms. The molecule has 5 N–H and O–H groups in total. The van der Waals surface area contributed by atoms with Crippen molar-refractivity contribution in [2.24, 2.45) is 5.73 Å². The largest absolute Gasteiger partial charge is 0.401 e. The highest BCUT2D eigenvalue weighted by molar-refractivity contribution is 14.1. The van der Waals surface area contributed by atoms with E-state index in [1.54, 1.807) is 12.3 Å². The second-order valence-electron chi connectivity index (χ2n) is 8.80. The molecule has 2 aromatic carbocycles. The van der Waals surface area contributed by atoms with Gasteiger partial charge >= 0.3 is 6.15 Å². The molecular formula is C29H28FIN8O2. The predicted octanol–water partition coefficient (Wildman–Crippen LogP) is 5.32. The number of benzene rings is 2. The van der Waals surface area contributed by atoms with Gasteiger partial charge in [-0.15, -0.1) is 0 Å². The number of aromatic amines is 2. The van der Waals surface area contributed by atoms with Gasteiger partial charge in [-0.3, -0.25) is 5.10 Å². The van der Waals surface area contributed by atoms with E-state index in [-0.39, 0.29) is 12.0 Å². The van der Waals surface area contributed by atoms with E-state index in [0.717, 1.165) is 55.6 Å². The van der Waals surface area contributed by atoms with Crippen LogP contribution in [0, 0.1) is 5.82 Å². The zero-order valence-electron chi connectivity index (χ0n) is 22.6. The molecule has 1 aliphatic rings. The van der Waals surface area contributed by atoms with E-state index in [1.807, 2.05) is 66.6 Å². The van der Waals surface area contributed by atoms with Gasteiger partial charge in [0.2, 0.25) is 0 Å². The highest BCUT2D eigenvalue weighted by atomic mass is 127. The molecule has 10 nitrogen and oxygen atoms in total. The number of para-hydroxylation sites is 1. The van der Waals surface area contributed by atoms with Crippen LogP contribution >= 0.6 is 22.9 Å². The summed E-state index contributed by atoms with van der Waals surface area (Å²) in [4.78, 5) is 29.1. The molecule has 41 heavy (non-hydrogen) atoms. The normalized spacial score (nSPS) is 12.6. The number of halogens is 2. The molecule has 4 heterocycles. The minimum Gasteiger partial charge on any atom is -0.401 e. The smallest absolute Gasteiger partial charge is 0.373 e. The maximum absolute atomic E-state index is 14.4. The zero-order valence-corrected chi connectivity index (χ0v) is 24.8. The summed E-state index contributed by atoms with van der Waals surface area (Å²) in [6.07, 6.45) is 6.04. The molecule has 210 valence electrons. The van der Waals surface area contributed by atoms with Crippen molar-refractivity contribution < 1.29 is 14.0 Å². The minimum atomic E-state index is -0.277. The van der Waals surface area contributed by atoms with Crippen molar-refractivity contribution in [2.45, 2.75) is 20.4 Å². The second kappa shape index (κ2) is 13.3. The Balaban J connectivity index is 0.000000728. The minimum absolute atomic E-state index is 0.250. The number of nitrogens with two attached hydrogens (primary N) is 1. The van der Waals surface area contributed by atoms with Gasteiger partial charge in [-0.1, -0.05) is 26.0 Å². The Morgan fingerprint density at radius 1 is 1.17 bits per heavy atom. The van der Waals surface area contributed by atoms with E-state index in [4.69, 9.17) is 20.3 Å². The summed E-state index contributed by atoms with van der Waals surface area (Å²) >= 11 is 2.23. The van der Waals surface area contributed by atoms with Crippen LogP contribution in [0.25, 0.3) is 50.3 Å². The van der Waals surface area contributed by atoms with Gasteiger partial charge in [-0.05, 0) is 54.6 Å². The van der Waals surface area contributed by atoms with E-state index < -0.39 is 0 Å². The van der Waals surface area contributed by atoms with Gasteiger partial charge in [0, 0.05) is 41.3 Å². The van der Waals surface area contributed by atoms with Gasteiger partial charge in [0.25, 0.3) is 0 Å². The Morgan fingerprint density at radius 2 is 1.95 bits per heavy atom. The van der Waals surface area contributed by atoms with Gasteiger partial charge in [0.1, 0.15) is 11.5 Å². The molecule has 0 atom stereocenters. The predicted molar refractivity (Wildman–Crippen MR) is 164 cm³/mol. The number of imidazole rings is 1. The number of hydrogen-bond acceptors (Lipinski definition) is 8. The average molecular weight is 666 g/mol. The van der Waals surface area contributed by atoms with Gasteiger partial charge in [0.15, 0.2) is 11.5 Å². The first-order valence-electron chi connectivity index (χ1n) is 12.8. The summed E-state index contributed by atoms with van der Waals surface area (Å²) in [6.45, 7) is 5.26. The monoisotopic (exact) mass is 666 g/mol. The van der Waals surface area contributed by atoms with E-state index in [0.29, 0.717) is 24.6 Å². The van der Waals surface area contributed by atoms with Gasteiger partial charge in [-0.2, -0.15) is 14.7 Å². The molecule has 0 spiro atoms. The summed E-state index contributed by atoms with van der Waals surface area (Å²) in [5.74, 6) is 0.356. The number of H-pyrrole nitrogens is 2. The van der Waals surface area contributed by atoms with Crippen LogP contribution in [0.4, 0.5) is 4.39 Å². The molecule has 0 aliphatic carbocycles. The third-order valence-corrected chi connectivity index (χ3v) is 6.72. The van der Waals surface area contributed by atoms with E-state index in [2.05, 4.69) is 48.3 Å². The number of pyridine rings is 1. The lowest BCUT2D eigenvalue weighted by atomic mass is 10.0. The first-order chi connectivity index (χ1) is 19.9. The molecule has 0 radical (unpaired) electrons. The summed E-state index contributed by atoms with van der Waals surface area (Å²) in [6, 6.07) is 13.0. The highest BCUT2D eigenvalue weighted by Gasteiger charge is 2.18. The summed E-state index contributed by atoms with van der Waals surface area (Å²) in [7, 11) is 1.84. The molecule has 0 bridgehead atoms. The van der Waals surface area contributed by atoms with E-state index >= 15 is 0 Å². The number of hydrogen-bond donors (Lipinski definition) is 4. The Bertz CT molecular complexity index is 1790. The van der Waals surface area contributed by atoms with Crippen molar-refractivity contribution in [3.8, 4) is 22.6 Å². The summed E-state index contributed by atoms with van der Waals surface area (Å²) in [5, 5.41) is 11.4. The second-order valence-corrected chi connectivity index (χ2v) is 10.0. The standard InChI is InChI=1S/C26H22FIN8.C2H6.CO2/c1-30-10-14-5-15(7-18(27)6-14)20-3-2-4-22-23(20)33-26(32-22)24-21-9-16(11-31-25(21)35-34-24)17-8-19(29)13-36(28)12-17;1-2;2-1-3/h2-9,11-12,30H,10,13,29H2,1H3,(H,32,33)(H,31,34,35);1-2H3;. The van der Waals surface area contributed by atoms with E-state index in [9.17, 15) is 4.39 Å². The molecule has 0 fully saturated rings. The topological polar surface area (TPSA) is 146 Å². The van der Waals surface area contributed by atoms with Gasteiger partial charge in [-0.25, -0.2) is 14.4 Å². The lowest BCUT2D eigenvalue weighted by Gasteiger charge is -2.19. The maximum Gasteiger partial charge on any atom is 0.373 e. The molecule has 1 aliphatic heterocycles. The number of carbonyl (C=O) groups excluding carboxylic acids is 2. The van der Waals surface area contributed by atoms with Crippen molar-refractivity contribution in [1.29, 1.82) is 0 Å². The van der Waals surface area contributed by atoms with Crippen LogP contribution in [0.2, 0.25) is 0 Å². The highest BCUT2D eigenvalue weighted by Crippen LogP contribution is 2.33. The van der Waals surface area contributed by atoms with Gasteiger partial charge < -0.3 is 19.1 Å². The Morgan fingerprint density at radius 3 is 2.68 bits per heavy atom. The Labute approximate surface area is 249 Å². The molecular weight excluding hydrogens is 638 g/mol. The van der Waals surface area contributed by atoms with Crippen molar-refractivity contribution >= 4 is 56.7 Å². The van der Waals surface area contributed by atoms with Crippen LogP contribution < -0.4 is 11.1 Å². The fourth-order valence-corrected chi connectivity index (χ4v) is 5.24. The van der Waals surface area contributed by atoms with E-state index in [1.165, 1.54) is 6.07 Å². The molecule has 0 unspecified atom stereocenters. The van der Waals surface area contributed by atoms with Crippen LogP contribution in [0.3, 0.4) is 0 Å². The first kappa shape index (κ1) is 29.6. The number of allylic oxidation sites excluding steroid dienone is 2. The lowest BCUT2D eigenvalue weighted by molar-refractivity contribution is -0.191. The number of fused-ring (bicyclic) bond motifs is 2. The molecule has 3 aromatic heterocycles. The number of rotatable bonds is 5. The van der Waals surface area contributed by atoms with Crippen LogP contribution in [-0.2, 0) is 16.1 Å². The number of aromatic nitrogens is 5. The quantitative estimate of drug-likeness (QED) is 0.146. The summed E-state index contributed by atoms with van der Waals surface area (Å²) in [5.41, 5.74) is 14.2. The molecule has 5 aromatic rings. The third-order valence-electron chi connectivity index (χ3n) is 6.10. The SMILES string of the molecule is CC.CNCc1cc(F)cc(-c2cccc3[nH]c(-c4[nH]nc5ncc(C6=CN(I)CC(N)=C6)cc45)nc23)c1.O=C=O. The molecule has 6 rings (SSSR count). The van der Waals surface area contributed by atoms with Crippen LogP contribution in [-0.4, -0.2) is 48.0 Å². The van der Waals surface area contributed by atoms with Crippen LogP contribution in [0.15, 0.2) is 66.6 Å².